The summed E-state index contributed by atoms with van der Waals surface area (Å²) < 4.78 is 0. The second-order valence-electron chi connectivity index (χ2n) is 5.84. The molecule has 6 nitrogen and oxygen atoms in total. The van der Waals surface area contributed by atoms with Crippen LogP contribution in [0.15, 0.2) is 42.5 Å². The summed E-state index contributed by atoms with van der Waals surface area (Å²) in [7, 11) is 0. The highest BCUT2D eigenvalue weighted by Crippen LogP contribution is 2.34. The molecule has 3 N–H and O–H groups in total. The van der Waals surface area contributed by atoms with Crippen LogP contribution in [0.5, 0.6) is 0 Å². The van der Waals surface area contributed by atoms with E-state index in [1.54, 1.807) is 6.07 Å². The minimum atomic E-state index is -1.06. The van der Waals surface area contributed by atoms with Gasteiger partial charge in [-0.15, -0.1) is 0 Å². The summed E-state index contributed by atoms with van der Waals surface area (Å²) in [6.45, 7) is 0. The van der Waals surface area contributed by atoms with Crippen molar-refractivity contribution in [2.75, 3.05) is 5.06 Å². The maximum Gasteiger partial charge on any atom is 0.329 e. The Morgan fingerprint density at radius 1 is 1.04 bits per heavy atom. The number of benzene rings is 2. The van der Waals surface area contributed by atoms with E-state index in [9.17, 15) is 14.8 Å². The smallest absolute Gasteiger partial charge is 0.329 e. The summed E-state index contributed by atoms with van der Waals surface area (Å²) in [5, 5.41) is 28.7. The summed E-state index contributed by atoms with van der Waals surface area (Å²) in [6.07, 6.45) is 0.842. The van der Waals surface area contributed by atoms with Crippen molar-refractivity contribution in [3.8, 4) is 11.1 Å². The maximum atomic E-state index is 11.1. The lowest BCUT2D eigenvalue weighted by atomic mass is 10.00. The lowest BCUT2D eigenvalue weighted by Crippen LogP contribution is -2.35. The fourth-order valence-electron chi connectivity index (χ4n) is 2.90. The van der Waals surface area contributed by atoms with Gasteiger partial charge in [0.15, 0.2) is 6.04 Å². The van der Waals surface area contributed by atoms with E-state index in [-0.39, 0.29) is 12.8 Å². The molecule has 2 aromatic carbocycles. The standard InChI is InChI=1S/C18H17NO5/c20-17(21)8-3-11-1-4-12(5-2-11)13-6-7-14-10-16(18(22)23)19(24)15(14)9-13/h1-2,4-7,9,16,24H,3,8,10H2,(H,20,21)(H,22,23). The van der Waals surface area contributed by atoms with Crippen molar-refractivity contribution >= 4 is 17.6 Å². The minimum absolute atomic E-state index is 0.0915. The van der Waals surface area contributed by atoms with E-state index < -0.39 is 18.0 Å². The van der Waals surface area contributed by atoms with Crippen molar-refractivity contribution < 1.29 is 25.0 Å². The molecule has 0 aromatic heterocycles. The summed E-state index contributed by atoms with van der Waals surface area (Å²) >= 11 is 0. The number of anilines is 1. The first-order valence-electron chi connectivity index (χ1n) is 7.60. The van der Waals surface area contributed by atoms with E-state index in [1.165, 1.54) is 0 Å². The molecular weight excluding hydrogens is 310 g/mol. The average molecular weight is 327 g/mol. The molecule has 0 aliphatic carbocycles. The van der Waals surface area contributed by atoms with E-state index in [2.05, 4.69) is 0 Å². The molecule has 1 atom stereocenters. The molecule has 24 heavy (non-hydrogen) atoms. The molecule has 3 rings (SSSR count). The van der Waals surface area contributed by atoms with Gasteiger partial charge in [-0.25, -0.2) is 9.86 Å². The number of hydrogen-bond donors (Lipinski definition) is 3. The van der Waals surface area contributed by atoms with Gasteiger partial charge in [-0.2, -0.15) is 0 Å². The zero-order valence-electron chi connectivity index (χ0n) is 12.8. The lowest BCUT2D eigenvalue weighted by Gasteiger charge is -2.16. The lowest BCUT2D eigenvalue weighted by molar-refractivity contribution is -0.140. The molecule has 124 valence electrons. The Hall–Kier alpha value is -2.86. The topological polar surface area (TPSA) is 98.1 Å². The zero-order valence-corrected chi connectivity index (χ0v) is 12.8. The number of carboxylic acid groups (broad SMARTS) is 2. The molecule has 1 unspecified atom stereocenters. The Morgan fingerprint density at radius 2 is 1.71 bits per heavy atom. The molecular formula is C18H17NO5. The number of aryl methyl sites for hydroxylation is 1. The zero-order chi connectivity index (χ0) is 17.3. The van der Waals surface area contributed by atoms with Gasteiger partial charge in [-0.3, -0.25) is 10.0 Å². The van der Waals surface area contributed by atoms with Gasteiger partial charge in [-0.05, 0) is 34.7 Å². The van der Waals surface area contributed by atoms with Crippen LogP contribution in [0, 0.1) is 0 Å². The van der Waals surface area contributed by atoms with Gasteiger partial charge >= 0.3 is 11.9 Å². The van der Waals surface area contributed by atoms with Crippen molar-refractivity contribution in [2.24, 2.45) is 0 Å². The Morgan fingerprint density at radius 3 is 2.33 bits per heavy atom. The highest BCUT2D eigenvalue weighted by Gasteiger charge is 2.33. The van der Waals surface area contributed by atoms with Crippen LogP contribution in [0.4, 0.5) is 5.69 Å². The van der Waals surface area contributed by atoms with Crippen LogP contribution >= 0.6 is 0 Å². The van der Waals surface area contributed by atoms with Gasteiger partial charge in [0.05, 0.1) is 5.69 Å². The van der Waals surface area contributed by atoms with Crippen molar-refractivity contribution in [2.45, 2.75) is 25.3 Å². The van der Waals surface area contributed by atoms with Crippen molar-refractivity contribution in [3.63, 3.8) is 0 Å². The molecule has 0 saturated carbocycles. The minimum Gasteiger partial charge on any atom is -0.481 e. The van der Waals surface area contributed by atoms with E-state index >= 15 is 0 Å². The van der Waals surface area contributed by atoms with Crippen LogP contribution < -0.4 is 5.06 Å². The second-order valence-corrected chi connectivity index (χ2v) is 5.84. The van der Waals surface area contributed by atoms with E-state index in [4.69, 9.17) is 10.2 Å². The number of hydrogen-bond acceptors (Lipinski definition) is 4. The summed E-state index contributed by atoms with van der Waals surface area (Å²) in [4.78, 5) is 21.7. The third-order valence-corrected chi connectivity index (χ3v) is 4.24. The van der Waals surface area contributed by atoms with Crippen molar-refractivity contribution in [1.29, 1.82) is 0 Å². The van der Waals surface area contributed by atoms with Crippen LogP contribution in [0.2, 0.25) is 0 Å². The van der Waals surface area contributed by atoms with E-state index in [0.717, 1.165) is 27.3 Å². The number of hydroxylamine groups is 1. The molecule has 1 aliphatic rings. The predicted molar refractivity (Wildman–Crippen MR) is 87.2 cm³/mol. The van der Waals surface area contributed by atoms with Crippen LogP contribution in [-0.2, 0) is 22.4 Å². The Balaban J connectivity index is 1.82. The van der Waals surface area contributed by atoms with Crippen molar-refractivity contribution in [3.05, 3.63) is 53.6 Å². The van der Waals surface area contributed by atoms with Gasteiger partial charge in [0.25, 0.3) is 0 Å². The maximum absolute atomic E-state index is 11.1. The Bertz CT molecular complexity index is 784. The monoisotopic (exact) mass is 327 g/mol. The quantitative estimate of drug-likeness (QED) is 0.781. The number of aliphatic carboxylic acids is 2. The molecule has 0 fully saturated rings. The van der Waals surface area contributed by atoms with Gasteiger partial charge in [-0.1, -0.05) is 36.4 Å². The number of carboxylic acids is 2. The molecule has 1 heterocycles. The van der Waals surface area contributed by atoms with E-state index in [1.807, 2.05) is 36.4 Å². The molecule has 0 bridgehead atoms. The van der Waals surface area contributed by atoms with Crippen LogP contribution in [0.1, 0.15) is 17.5 Å². The number of fused-ring (bicyclic) bond motifs is 1. The summed E-state index contributed by atoms with van der Waals surface area (Å²) in [5.41, 5.74) is 4.03. The molecule has 2 aromatic rings. The van der Waals surface area contributed by atoms with Gasteiger partial charge in [0.2, 0.25) is 0 Å². The second kappa shape index (κ2) is 6.33. The van der Waals surface area contributed by atoms with Gasteiger partial charge in [0.1, 0.15) is 0 Å². The number of carbonyl (C=O) groups is 2. The molecule has 0 spiro atoms. The summed E-state index contributed by atoms with van der Waals surface area (Å²) in [6, 6.07) is 12.1. The normalized spacial score (nSPS) is 16.0. The summed E-state index contributed by atoms with van der Waals surface area (Å²) in [5.74, 6) is -1.88. The third kappa shape index (κ3) is 3.09. The van der Waals surface area contributed by atoms with Crippen LogP contribution in [-0.4, -0.2) is 33.4 Å². The molecule has 1 aliphatic heterocycles. The SMILES string of the molecule is O=C(O)CCc1ccc(-c2ccc3c(c2)N(O)C(C(=O)O)C3)cc1. The van der Waals surface area contributed by atoms with Crippen molar-refractivity contribution in [1.82, 2.24) is 0 Å². The molecule has 0 amide bonds. The average Bonchev–Trinajstić information content (AvgIpc) is 2.90. The highest BCUT2D eigenvalue weighted by molar-refractivity contribution is 5.83. The number of nitrogens with zero attached hydrogens (tertiary/aromatic N) is 1. The van der Waals surface area contributed by atoms with Gasteiger partial charge < -0.3 is 10.2 Å². The predicted octanol–water partition coefficient (Wildman–Crippen LogP) is 2.58. The highest BCUT2D eigenvalue weighted by atomic mass is 16.5. The van der Waals surface area contributed by atoms with Crippen LogP contribution in [0.25, 0.3) is 11.1 Å². The Labute approximate surface area is 138 Å². The largest absolute Gasteiger partial charge is 0.481 e. The first kappa shape index (κ1) is 16.0. The third-order valence-electron chi connectivity index (χ3n) is 4.24. The fourth-order valence-corrected chi connectivity index (χ4v) is 2.90. The van der Waals surface area contributed by atoms with Crippen LogP contribution in [0.3, 0.4) is 0 Å². The Kier molecular flexibility index (Phi) is 4.22. The first-order valence-corrected chi connectivity index (χ1v) is 7.60. The molecule has 0 saturated heterocycles. The molecule has 0 radical (unpaired) electrons. The van der Waals surface area contributed by atoms with E-state index in [0.29, 0.717) is 12.1 Å². The fraction of sp³-hybridized carbons (Fsp3) is 0.222. The number of rotatable bonds is 5. The molecule has 6 heteroatoms. The van der Waals surface area contributed by atoms with Gasteiger partial charge in [0, 0.05) is 12.8 Å². The first-order chi connectivity index (χ1) is 11.5.